The third-order valence-electron chi connectivity index (χ3n) is 8.17. The van der Waals surface area contributed by atoms with Crippen LogP contribution in [0.4, 0.5) is 0 Å². The third-order valence-corrected chi connectivity index (χ3v) is 8.17. The fourth-order valence-electron chi connectivity index (χ4n) is 6.50. The summed E-state index contributed by atoms with van der Waals surface area (Å²) < 4.78 is 10.7. The number of benzene rings is 1. The summed E-state index contributed by atoms with van der Waals surface area (Å²) in [5.41, 5.74) is 1.07. The van der Waals surface area contributed by atoms with E-state index in [1.165, 1.54) is 0 Å². The second kappa shape index (κ2) is 9.47. The Kier molecular flexibility index (Phi) is 6.40. The van der Waals surface area contributed by atoms with Crippen LogP contribution in [0.2, 0.25) is 0 Å². The molecule has 5 rings (SSSR count). The third kappa shape index (κ3) is 4.34. The van der Waals surface area contributed by atoms with Crippen LogP contribution in [0.25, 0.3) is 0 Å². The van der Waals surface area contributed by atoms with E-state index in [4.69, 9.17) is 9.47 Å². The summed E-state index contributed by atoms with van der Waals surface area (Å²) in [4.78, 5) is 44.4. The van der Waals surface area contributed by atoms with Crippen molar-refractivity contribution in [3.05, 3.63) is 23.8 Å². The Morgan fingerprint density at radius 3 is 2.65 bits per heavy atom. The van der Waals surface area contributed by atoms with Crippen LogP contribution >= 0.6 is 0 Å². The molecule has 184 valence electrons. The Labute approximate surface area is 201 Å². The number of fused-ring (bicyclic) bond motifs is 4. The summed E-state index contributed by atoms with van der Waals surface area (Å²) in [6.07, 6.45) is 4.79. The van der Waals surface area contributed by atoms with Crippen molar-refractivity contribution in [2.45, 2.75) is 44.6 Å². The van der Waals surface area contributed by atoms with E-state index < -0.39 is 0 Å². The summed E-state index contributed by atoms with van der Waals surface area (Å²) >= 11 is 0. The molecule has 0 aliphatic carbocycles. The Hall–Kier alpha value is -2.77. The van der Waals surface area contributed by atoms with E-state index in [-0.39, 0.29) is 29.7 Å². The van der Waals surface area contributed by atoms with Crippen molar-refractivity contribution in [1.82, 2.24) is 14.7 Å². The van der Waals surface area contributed by atoms with Gasteiger partial charge in [-0.05, 0) is 55.2 Å². The number of hydrogen-bond donors (Lipinski definition) is 0. The summed E-state index contributed by atoms with van der Waals surface area (Å²) in [5, 5.41) is 0. The molecule has 4 saturated heterocycles. The van der Waals surface area contributed by atoms with Crippen LogP contribution in [0.3, 0.4) is 0 Å². The van der Waals surface area contributed by atoms with Crippen LogP contribution < -0.4 is 9.47 Å². The van der Waals surface area contributed by atoms with Crippen LogP contribution in [0.1, 0.15) is 37.7 Å². The molecule has 0 N–H and O–H groups in total. The maximum absolute atomic E-state index is 13.4. The molecule has 4 fully saturated rings. The van der Waals surface area contributed by atoms with Gasteiger partial charge in [0, 0.05) is 51.6 Å². The van der Waals surface area contributed by atoms with Gasteiger partial charge in [-0.1, -0.05) is 6.07 Å². The Balaban J connectivity index is 1.18. The van der Waals surface area contributed by atoms with Crippen LogP contribution in [0.15, 0.2) is 18.2 Å². The van der Waals surface area contributed by atoms with Crippen molar-refractivity contribution >= 4 is 17.7 Å². The topological polar surface area (TPSA) is 79.4 Å². The highest BCUT2D eigenvalue weighted by Gasteiger charge is 2.46. The van der Waals surface area contributed by atoms with Crippen molar-refractivity contribution in [2.24, 2.45) is 17.8 Å². The van der Waals surface area contributed by atoms with E-state index in [1.807, 2.05) is 28.0 Å². The van der Waals surface area contributed by atoms with Crippen LogP contribution in [0.5, 0.6) is 11.5 Å². The molecule has 4 atom stereocenters. The smallest absolute Gasteiger partial charge is 0.228 e. The average Bonchev–Trinajstić information content (AvgIpc) is 3.23. The van der Waals surface area contributed by atoms with Gasteiger partial charge in [0.15, 0.2) is 11.5 Å². The molecule has 1 aromatic rings. The van der Waals surface area contributed by atoms with Crippen LogP contribution in [-0.2, 0) is 20.8 Å². The standard InChI is InChI=1S/C26H35N3O5/c1-33-22-7-6-17(11-23(22)34-2)8-9-27-16-20(12-25(27)31)26(32)28-13-18-10-19(15-28)21-4-3-5-24(30)29(21)14-18/h6-7,11,18-21H,3-5,8-10,12-16H2,1-2H3/t18-,19+,20-,21+/m1/s1. The van der Waals surface area contributed by atoms with Crippen molar-refractivity contribution < 1.29 is 23.9 Å². The predicted octanol–water partition coefficient (Wildman–Crippen LogP) is 1.95. The monoisotopic (exact) mass is 469 g/mol. The van der Waals surface area contributed by atoms with Gasteiger partial charge in [0.05, 0.1) is 20.1 Å². The second-order valence-electron chi connectivity index (χ2n) is 10.3. The number of nitrogens with zero attached hydrogens (tertiary/aromatic N) is 3. The first-order chi connectivity index (χ1) is 16.5. The minimum absolute atomic E-state index is 0.0556. The molecule has 8 heteroatoms. The lowest BCUT2D eigenvalue weighted by atomic mass is 9.75. The molecule has 2 bridgehead atoms. The van der Waals surface area contributed by atoms with Crippen molar-refractivity contribution in [3.8, 4) is 11.5 Å². The quantitative estimate of drug-likeness (QED) is 0.636. The van der Waals surface area contributed by atoms with E-state index in [0.717, 1.165) is 37.9 Å². The minimum Gasteiger partial charge on any atom is -0.493 e. The first-order valence-corrected chi connectivity index (χ1v) is 12.5. The van der Waals surface area contributed by atoms with Gasteiger partial charge in [-0.25, -0.2) is 0 Å². The van der Waals surface area contributed by atoms with E-state index in [0.29, 0.717) is 62.2 Å². The maximum atomic E-state index is 13.4. The molecular formula is C26H35N3O5. The Bertz CT molecular complexity index is 966. The van der Waals surface area contributed by atoms with Gasteiger partial charge in [0.1, 0.15) is 0 Å². The molecule has 1 aromatic carbocycles. The van der Waals surface area contributed by atoms with Gasteiger partial charge in [0.2, 0.25) is 17.7 Å². The first kappa shape index (κ1) is 23.0. The largest absolute Gasteiger partial charge is 0.493 e. The molecule has 0 saturated carbocycles. The molecule has 0 radical (unpaired) electrons. The van der Waals surface area contributed by atoms with Gasteiger partial charge in [-0.15, -0.1) is 0 Å². The number of hydrogen-bond acceptors (Lipinski definition) is 5. The maximum Gasteiger partial charge on any atom is 0.228 e. The summed E-state index contributed by atoms with van der Waals surface area (Å²) in [5.74, 6) is 2.29. The van der Waals surface area contributed by atoms with Crippen molar-refractivity contribution in [1.29, 1.82) is 0 Å². The molecular weight excluding hydrogens is 434 g/mol. The van der Waals surface area contributed by atoms with Crippen molar-refractivity contribution in [3.63, 3.8) is 0 Å². The molecule has 3 amide bonds. The molecule has 0 aromatic heterocycles. The number of amides is 3. The van der Waals surface area contributed by atoms with Crippen molar-refractivity contribution in [2.75, 3.05) is 46.9 Å². The molecule has 4 aliphatic rings. The number of likely N-dealkylation sites (tertiary alicyclic amines) is 2. The lowest BCUT2D eigenvalue weighted by Crippen LogP contribution is -2.61. The Morgan fingerprint density at radius 1 is 1.03 bits per heavy atom. The fourth-order valence-corrected chi connectivity index (χ4v) is 6.50. The van der Waals surface area contributed by atoms with E-state index in [9.17, 15) is 14.4 Å². The van der Waals surface area contributed by atoms with E-state index in [1.54, 1.807) is 14.2 Å². The molecule has 8 nitrogen and oxygen atoms in total. The van der Waals surface area contributed by atoms with Gasteiger partial charge in [0.25, 0.3) is 0 Å². The van der Waals surface area contributed by atoms with Gasteiger partial charge in [-0.3, -0.25) is 14.4 Å². The lowest BCUT2D eigenvalue weighted by Gasteiger charge is -2.52. The molecule has 4 heterocycles. The number of rotatable bonds is 6. The summed E-state index contributed by atoms with van der Waals surface area (Å²) in [6.45, 7) is 3.29. The zero-order chi connectivity index (χ0) is 23.8. The molecule has 34 heavy (non-hydrogen) atoms. The average molecular weight is 470 g/mol. The fraction of sp³-hybridized carbons (Fsp3) is 0.654. The predicted molar refractivity (Wildman–Crippen MR) is 125 cm³/mol. The van der Waals surface area contributed by atoms with E-state index >= 15 is 0 Å². The zero-order valence-electron chi connectivity index (χ0n) is 20.2. The number of carbonyl (C=O) groups excluding carboxylic acids is 3. The SMILES string of the molecule is COc1ccc(CCN2C[C@H](C(=O)N3C[C@H]4C[C@@H](C3)[C@@H]3CCCC(=O)N3C4)CC2=O)cc1OC. The number of carbonyl (C=O) groups is 3. The number of ether oxygens (including phenoxy) is 2. The van der Waals surface area contributed by atoms with Crippen LogP contribution in [0, 0.1) is 17.8 Å². The normalized spacial score (nSPS) is 28.7. The van der Waals surface area contributed by atoms with Gasteiger partial charge >= 0.3 is 0 Å². The molecule has 4 aliphatic heterocycles. The number of methoxy groups -OCH3 is 2. The Morgan fingerprint density at radius 2 is 1.85 bits per heavy atom. The highest BCUT2D eigenvalue weighted by molar-refractivity contribution is 5.89. The van der Waals surface area contributed by atoms with Gasteiger partial charge < -0.3 is 24.2 Å². The first-order valence-electron chi connectivity index (χ1n) is 12.5. The summed E-state index contributed by atoms with van der Waals surface area (Å²) in [6, 6.07) is 6.08. The highest BCUT2D eigenvalue weighted by Crippen LogP contribution is 2.38. The van der Waals surface area contributed by atoms with Crippen LogP contribution in [-0.4, -0.2) is 85.4 Å². The second-order valence-corrected chi connectivity index (χ2v) is 10.3. The van der Waals surface area contributed by atoms with E-state index in [2.05, 4.69) is 4.90 Å². The molecule has 0 unspecified atom stereocenters. The minimum atomic E-state index is -0.263. The highest BCUT2D eigenvalue weighted by atomic mass is 16.5. The summed E-state index contributed by atoms with van der Waals surface area (Å²) in [7, 11) is 3.22. The number of piperidine rings is 3. The zero-order valence-corrected chi connectivity index (χ0v) is 20.2. The molecule has 0 spiro atoms. The lowest BCUT2D eigenvalue weighted by molar-refractivity contribution is -0.150. The van der Waals surface area contributed by atoms with Gasteiger partial charge in [-0.2, -0.15) is 0 Å².